The fourth-order valence-electron chi connectivity index (χ4n) is 5.10. The maximum atomic E-state index is 13.2. The Labute approximate surface area is 192 Å². The average molecular weight is 487 g/mol. The number of hydrogen-bond donors (Lipinski definition) is 1. The molecular weight excluding hydrogens is 464 g/mol. The molecule has 184 valence electrons. The van der Waals surface area contributed by atoms with Gasteiger partial charge in [-0.05, 0) is 48.6 Å². The molecule has 4 atom stereocenters. The molecule has 2 aromatic rings. The molecule has 1 N–H and O–H groups in total. The fourth-order valence-corrected chi connectivity index (χ4v) is 5.10. The van der Waals surface area contributed by atoms with Crippen LogP contribution in [-0.4, -0.2) is 25.2 Å². The van der Waals surface area contributed by atoms with Crippen LogP contribution in [0.3, 0.4) is 0 Å². The van der Waals surface area contributed by atoms with Gasteiger partial charge in [0, 0.05) is 6.04 Å². The molecule has 0 aromatic heterocycles. The van der Waals surface area contributed by atoms with Gasteiger partial charge in [-0.2, -0.15) is 26.3 Å². The largest absolute Gasteiger partial charge is 0.469 e. The van der Waals surface area contributed by atoms with Crippen LogP contribution in [0.4, 0.5) is 26.3 Å². The number of hydrogen-bond acceptors (Lipinski definition) is 4. The number of nitrogens with one attached hydrogen (secondary N) is 1. The van der Waals surface area contributed by atoms with Crippen molar-refractivity contribution in [3.8, 4) is 0 Å². The number of carbonyl (C=O) groups excluding carboxylic acids is 1. The number of esters is 1. The highest BCUT2D eigenvalue weighted by atomic mass is 19.4. The van der Waals surface area contributed by atoms with Crippen molar-refractivity contribution in [2.75, 3.05) is 7.11 Å². The van der Waals surface area contributed by atoms with Crippen LogP contribution in [0.5, 0.6) is 0 Å². The highest BCUT2D eigenvalue weighted by Gasteiger charge is 2.56. The van der Waals surface area contributed by atoms with Crippen LogP contribution in [0.2, 0.25) is 0 Å². The monoisotopic (exact) mass is 487 g/mol. The summed E-state index contributed by atoms with van der Waals surface area (Å²) in [6, 6.07) is 10.5. The van der Waals surface area contributed by atoms with Crippen molar-refractivity contribution in [2.45, 2.75) is 55.9 Å². The highest BCUT2D eigenvalue weighted by molar-refractivity contribution is 5.74. The van der Waals surface area contributed by atoms with Gasteiger partial charge in [-0.15, -0.1) is 0 Å². The topological polar surface area (TPSA) is 47.6 Å². The number of alkyl halides is 6. The number of carbonyl (C=O) groups is 1. The van der Waals surface area contributed by atoms with E-state index < -0.39 is 47.6 Å². The summed E-state index contributed by atoms with van der Waals surface area (Å²) in [5.41, 5.74) is -2.98. The third-order valence-corrected chi connectivity index (χ3v) is 6.65. The van der Waals surface area contributed by atoms with E-state index in [0.717, 1.165) is 5.56 Å². The Morgan fingerprint density at radius 3 is 2.18 bits per heavy atom. The molecule has 4 nitrogen and oxygen atoms in total. The first-order chi connectivity index (χ1) is 15.9. The molecule has 0 amide bonds. The van der Waals surface area contributed by atoms with Crippen LogP contribution in [0.1, 0.15) is 41.5 Å². The Hall–Kier alpha value is -2.59. The van der Waals surface area contributed by atoms with Crippen LogP contribution in [0.15, 0.2) is 48.5 Å². The van der Waals surface area contributed by atoms with E-state index in [0.29, 0.717) is 31.4 Å². The van der Waals surface area contributed by atoms with Crippen molar-refractivity contribution >= 4 is 5.97 Å². The van der Waals surface area contributed by atoms with Crippen molar-refractivity contribution in [1.82, 2.24) is 5.32 Å². The van der Waals surface area contributed by atoms with Gasteiger partial charge in [0.1, 0.15) is 0 Å². The SMILES string of the molecule is COC(=O)[C@H]1C[C@]2(c3ccccc3)N[C@H]1CC[C@H]2OCc1cc(C(F)(F)F)cc(C(F)(F)F)c1. The standard InChI is InChI=1S/C24H23F6NO3/c1-33-21(32)18-12-22(15-5-3-2-4-6-15)20(8-7-19(18)31-22)34-13-14-9-16(23(25,26)27)11-17(10-14)24(28,29)30/h2-6,9-11,18-20,31H,7-8,12-13H2,1H3/t18-,19-,20+,22+/m0/s1. The molecule has 2 heterocycles. The van der Waals surface area contributed by atoms with Crippen LogP contribution in [-0.2, 0) is 38.8 Å². The second-order valence-electron chi connectivity index (χ2n) is 8.71. The molecule has 2 aromatic carbocycles. The van der Waals surface area contributed by atoms with Crippen molar-refractivity contribution in [3.05, 3.63) is 70.8 Å². The van der Waals surface area contributed by atoms with Gasteiger partial charge < -0.3 is 14.8 Å². The van der Waals surface area contributed by atoms with E-state index >= 15 is 0 Å². The minimum atomic E-state index is -4.93. The zero-order valence-electron chi connectivity index (χ0n) is 18.2. The molecular formula is C24H23F6NO3. The van der Waals surface area contributed by atoms with Gasteiger partial charge in [0.15, 0.2) is 0 Å². The Morgan fingerprint density at radius 2 is 1.62 bits per heavy atom. The molecule has 2 saturated heterocycles. The van der Waals surface area contributed by atoms with E-state index in [-0.39, 0.29) is 23.6 Å². The van der Waals surface area contributed by atoms with E-state index in [4.69, 9.17) is 9.47 Å². The molecule has 0 spiro atoms. The van der Waals surface area contributed by atoms with Gasteiger partial charge in [-0.25, -0.2) is 0 Å². The lowest BCUT2D eigenvalue weighted by Crippen LogP contribution is -2.54. The normalized spacial score (nSPS) is 27.0. The molecule has 34 heavy (non-hydrogen) atoms. The second-order valence-corrected chi connectivity index (χ2v) is 8.71. The van der Waals surface area contributed by atoms with Crippen LogP contribution in [0, 0.1) is 5.92 Å². The number of ether oxygens (including phenoxy) is 2. The Morgan fingerprint density at radius 1 is 1.00 bits per heavy atom. The fraction of sp³-hybridized carbons (Fsp3) is 0.458. The lowest BCUT2D eigenvalue weighted by molar-refractivity contribution is -0.146. The summed E-state index contributed by atoms with van der Waals surface area (Å²) in [5, 5.41) is 3.46. The third kappa shape index (κ3) is 4.65. The summed E-state index contributed by atoms with van der Waals surface area (Å²) < 4.78 is 90.3. The van der Waals surface area contributed by atoms with Crippen molar-refractivity contribution in [3.63, 3.8) is 0 Å². The third-order valence-electron chi connectivity index (χ3n) is 6.65. The van der Waals surface area contributed by atoms with E-state index in [9.17, 15) is 31.1 Å². The Kier molecular flexibility index (Phi) is 6.41. The summed E-state index contributed by atoms with van der Waals surface area (Å²) in [6.07, 6.45) is -9.07. The molecule has 0 aliphatic carbocycles. The summed E-state index contributed by atoms with van der Waals surface area (Å²) in [7, 11) is 1.31. The zero-order chi connectivity index (χ0) is 24.7. The minimum absolute atomic E-state index is 0.0969. The molecule has 0 saturated carbocycles. The van der Waals surface area contributed by atoms with Gasteiger partial charge in [0.05, 0.1) is 42.4 Å². The summed E-state index contributed by atoms with van der Waals surface area (Å²) in [6.45, 7) is -0.443. The Bertz CT molecular complexity index is 1010. The van der Waals surface area contributed by atoms with E-state index in [2.05, 4.69) is 5.32 Å². The number of benzene rings is 2. The summed E-state index contributed by atoms with van der Waals surface area (Å²) in [4.78, 5) is 12.4. The van der Waals surface area contributed by atoms with Crippen LogP contribution in [0.25, 0.3) is 0 Å². The van der Waals surface area contributed by atoms with Gasteiger partial charge >= 0.3 is 18.3 Å². The average Bonchev–Trinajstić information content (AvgIpc) is 3.11. The molecule has 2 bridgehead atoms. The zero-order valence-corrected chi connectivity index (χ0v) is 18.2. The van der Waals surface area contributed by atoms with Gasteiger partial charge in [-0.1, -0.05) is 30.3 Å². The predicted octanol–water partition coefficient (Wildman–Crippen LogP) is 5.45. The first-order valence-corrected chi connectivity index (χ1v) is 10.7. The smallest absolute Gasteiger partial charge is 0.416 e. The molecule has 2 aliphatic heterocycles. The first kappa shape index (κ1) is 24.5. The molecule has 0 radical (unpaired) electrons. The van der Waals surface area contributed by atoms with Crippen molar-refractivity contribution < 1.29 is 40.6 Å². The second kappa shape index (κ2) is 8.88. The molecule has 4 rings (SSSR count). The minimum Gasteiger partial charge on any atom is -0.469 e. The summed E-state index contributed by atoms with van der Waals surface area (Å²) in [5.74, 6) is -0.812. The maximum Gasteiger partial charge on any atom is 0.416 e. The number of methoxy groups -OCH3 is 1. The Balaban J connectivity index is 1.64. The number of halogens is 6. The van der Waals surface area contributed by atoms with Crippen LogP contribution < -0.4 is 5.32 Å². The van der Waals surface area contributed by atoms with Crippen molar-refractivity contribution in [1.29, 1.82) is 0 Å². The van der Waals surface area contributed by atoms with Crippen molar-refractivity contribution in [2.24, 2.45) is 5.92 Å². The lowest BCUT2D eigenvalue weighted by Gasteiger charge is -2.42. The quantitative estimate of drug-likeness (QED) is 0.450. The number of piperidine rings is 1. The van der Waals surface area contributed by atoms with E-state index in [1.165, 1.54) is 7.11 Å². The predicted molar refractivity (Wildman–Crippen MR) is 109 cm³/mol. The maximum absolute atomic E-state index is 13.2. The highest BCUT2D eigenvalue weighted by Crippen LogP contribution is 2.48. The molecule has 0 unspecified atom stereocenters. The number of fused-ring (bicyclic) bond motifs is 2. The van der Waals surface area contributed by atoms with Gasteiger partial charge in [0.2, 0.25) is 0 Å². The lowest BCUT2D eigenvalue weighted by atomic mass is 9.80. The summed E-state index contributed by atoms with van der Waals surface area (Å²) >= 11 is 0. The first-order valence-electron chi connectivity index (χ1n) is 10.7. The molecule has 10 heteroatoms. The molecule has 2 aliphatic rings. The number of rotatable bonds is 5. The molecule has 2 fully saturated rings. The van der Waals surface area contributed by atoms with E-state index in [1.54, 1.807) is 0 Å². The van der Waals surface area contributed by atoms with E-state index in [1.807, 2.05) is 30.3 Å². The van der Waals surface area contributed by atoms with Crippen LogP contribution >= 0.6 is 0 Å². The van der Waals surface area contributed by atoms with Gasteiger partial charge in [-0.3, -0.25) is 4.79 Å². The van der Waals surface area contributed by atoms with Gasteiger partial charge in [0.25, 0.3) is 0 Å².